The SMILES string of the molecule is CCOc1cc(/C=C2\SC(=S)N(CC)C2=O)c(Br)cc1OCc1cccc(F)c1. The minimum absolute atomic E-state index is 0.0983. The number of thiocarbonyl (C=S) groups is 1. The molecule has 1 amide bonds. The molecular weight excluding hydrogens is 477 g/mol. The minimum atomic E-state index is -0.308. The Balaban J connectivity index is 1.87. The Morgan fingerprint density at radius 2 is 1.97 bits per heavy atom. The van der Waals surface area contributed by atoms with Crippen molar-refractivity contribution in [3.63, 3.8) is 0 Å². The van der Waals surface area contributed by atoms with Gasteiger partial charge < -0.3 is 9.47 Å². The molecule has 152 valence electrons. The molecule has 2 aromatic rings. The zero-order chi connectivity index (χ0) is 21.0. The highest BCUT2D eigenvalue weighted by molar-refractivity contribution is 9.10. The van der Waals surface area contributed by atoms with Gasteiger partial charge in [0.05, 0.1) is 11.5 Å². The number of carbonyl (C=O) groups is 1. The molecule has 0 saturated carbocycles. The van der Waals surface area contributed by atoms with Gasteiger partial charge in [-0.2, -0.15) is 0 Å². The standard InChI is InChI=1S/C21H19BrFNO3S2/c1-3-24-20(25)19(29-21(24)28)10-14-9-17(26-4-2)18(11-16(14)22)27-12-13-6-5-7-15(23)8-13/h5-11H,3-4,12H2,1-2H3/b19-10-. The van der Waals surface area contributed by atoms with E-state index in [1.807, 2.05) is 19.9 Å². The lowest BCUT2D eigenvalue weighted by Crippen LogP contribution is -2.27. The summed E-state index contributed by atoms with van der Waals surface area (Å²) in [6.45, 7) is 4.97. The monoisotopic (exact) mass is 495 g/mol. The molecule has 1 aliphatic heterocycles. The van der Waals surface area contributed by atoms with Crippen molar-refractivity contribution >= 4 is 56.2 Å². The summed E-state index contributed by atoms with van der Waals surface area (Å²) in [5, 5.41) is 0. The third-order valence-corrected chi connectivity index (χ3v) is 6.19. The smallest absolute Gasteiger partial charge is 0.266 e. The predicted molar refractivity (Wildman–Crippen MR) is 122 cm³/mol. The van der Waals surface area contributed by atoms with E-state index >= 15 is 0 Å². The van der Waals surface area contributed by atoms with Gasteiger partial charge in [0, 0.05) is 11.0 Å². The van der Waals surface area contributed by atoms with E-state index in [1.165, 1.54) is 23.9 Å². The number of halogens is 2. The second kappa shape index (κ2) is 9.73. The van der Waals surface area contributed by atoms with E-state index in [-0.39, 0.29) is 18.3 Å². The number of benzene rings is 2. The molecule has 1 heterocycles. The molecule has 1 fully saturated rings. The molecule has 4 nitrogen and oxygen atoms in total. The highest BCUT2D eigenvalue weighted by Crippen LogP contribution is 2.38. The Morgan fingerprint density at radius 3 is 2.62 bits per heavy atom. The van der Waals surface area contributed by atoms with Gasteiger partial charge >= 0.3 is 0 Å². The number of likely N-dealkylation sites (N-methyl/N-ethyl adjacent to an activating group) is 1. The summed E-state index contributed by atoms with van der Waals surface area (Å²) in [7, 11) is 0. The van der Waals surface area contributed by atoms with Crippen LogP contribution in [0.2, 0.25) is 0 Å². The third-order valence-electron chi connectivity index (χ3n) is 4.12. The largest absolute Gasteiger partial charge is 0.490 e. The molecule has 3 rings (SSSR count). The zero-order valence-electron chi connectivity index (χ0n) is 15.9. The topological polar surface area (TPSA) is 38.8 Å². The first-order chi connectivity index (χ1) is 13.9. The van der Waals surface area contributed by atoms with Crippen molar-refractivity contribution in [3.05, 3.63) is 62.7 Å². The van der Waals surface area contributed by atoms with Crippen molar-refractivity contribution in [1.82, 2.24) is 4.90 Å². The summed E-state index contributed by atoms with van der Waals surface area (Å²) in [5.41, 5.74) is 1.50. The average Bonchev–Trinajstić information content (AvgIpc) is 2.95. The second-order valence-electron chi connectivity index (χ2n) is 6.10. The van der Waals surface area contributed by atoms with E-state index in [9.17, 15) is 9.18 Å². The van der Waals surface area contributed by atoms with Gasteiger partial charge in [0.1, 0.15) is 16.7 Å². The number of nitrogens with zero attached hydrogens (tertiary/aromatic N) is 1. The molecular formula is C21H19BrFNO3S2. The molecule has 0 spiro atoms. The summed E-state index contributed by atoms with van der Waals surface area (Å²) in [5.74, 6) is 0.668. The Labute approximate surface area is 187 Å². The van der Waals surface area contributed by atoms with Crippen LogP contribution >= 0.6 is 39.9 Å². The molecule has 0 N–H and O–H groups in total. The van der Waals surface area contributed by atoms with Gasteiger partial charge in [-0.15, -0.1) is 0 Å². The molecule has 0 radical (unpaired) electrons. The van der Waals surface area contributed by atoms with Crippen LogP contribution in [0, 0.1) is 5.82 Å². The number of ether oxygens (including phenoxy) is 2. The highest BCUT2D eigenvalue weighted by Gasteiger charge is 2.30. The Morgan fingerprint density at radius 1 is 1.21 bits per heavy atom. The summed E-state index contributed by atoms with van der Waals surface area (Å²) in [4.78, 5) is 14.6. The van der Waals surface area contributed by atoms with Gasteiger partial charge in [-0.05, 0) is 55.3 Å². The number of rotatable bonds is 7. The maximum absolute atomic E-state index is 13.4. The fourth-order valence-electron chi connectivity index (χ4n) is 2.74. The van der Waals surface area contributed by atoms with Crippen LogP contribution in [0.25, 0.3) is 6.08 Å². The van der Waals surface area contributed by atoms with Gasteiger partial charge in [-0.3, -0.25) is 9.69 Å². The lowest BCUT2D eigenvalue weighted by Gasteiger charge is -2.14. The van der Waals surface area contributed by atoms with Crippen molar-refractivity contribution in [2.75, 3.05) is 13.2 Å². The van der Waals surface area contributed by atoms with E-state index < -0.39 is 0 Å². The van der Waals surface area contributed by atoms with E-state index in [2.05, 4.69) is 15.9 Å². The summed E-state index contributed by atoms with van der Waals surface area (Å²) in [6, 6.07) is 9.86. The number of amides is 1. The molecule has 2 aromatic carbocycles. The molecule has 0 aromatic heterocycles. The van der Waals surface area contributed by atoms with E-state index in [1.54, 1.807) is 29.2 Å². The average molecular weight is 496 g/mol. The fourth-order valence-corrected chi connectivity index (χ4v) is 4.56. The first-order valence-corrected chi connectivity index (χ1v) is 11.0. The van der Waals surface area contributed by atoms with Crippen molar-refractivity contribution in [2.24, 2.45) is 0 Å². The Hall–Kier alpha value is -1.90. The van der Waals surface area contributed by atoms with Crippen LogP contribution in [0.1, 0.15) is 25.0 Å². The lowest BCUT2D eigenvalue weighted by atomic mass is 10.1. The zero-order valence-corrected chi connectivity index (χ0v) is 19.1. The quantitative estimate of drug-likeness (QED) is 0.359. The number of thioether (sulfide) groups is 1. The Bertz CT molecular complexity index is 980. The summed E-state index contributed by atoms with van der Waals surface area (Å²) >= 11 is 10.1. The van der Waals surface area contributed by atoms with Crippen molar-refractivity contribution < 1.29 is 18.7 Å². The van der Waals surface area contributed by atoms with Crippen LogP contribution in [0.15, 0.2) is 45.8 Å². The van der Waals surface area contributed by atoms with Gasteiger partial charge in [0.15, 0.2) is 11.5 Å². The highest BCUT2D eigenvalue weighted by atomic mass is 79.9. The summed E-state index contributed by atoms with van der Waals surface area (Å²) in [6.07, 6.45) is 1.79. The molecule has 1 saturated heterocycles. The minimum Gasteiger partial charge on any atom is -0.490 e. The number of hydrogen-bond donors (Lipinski definition) is 0. The van der Waals surface area contributed by atoms with Gasteiger partial charge in [0.25, 0.3) is 5.91 Å². The van der Waals surface area contributed by atoms with E-state index in [4.69, 9.17) is 21.7 Å². The first-order valence-electron chi connectivity index (χ1n) is 9.01. The van der Waals surface area contributed by atoms with Gasteiger partial charge in [0.2, 0.25) is 0 Å². The normalized spacial score (nSPS) is 15.3. The Kier molecular flexibility index (Phi) is 7.32. The van der Waals surface area contributed by atoms with E-state index in [0.717, 1.165) is 15.6 Å². The van der Waals surface area contributed by atoms with E-state index in [0.29, 0.717) is 33.9 Å². The molecule has 0 bridgehead atoms. The van der Waals surface area contributed by atoms with Crippen molar-refractivity contribution in [2.45, 2.75) is 20.5 Å². The van der Waals surface area contributed by atoms with Crippen molar-refractivity contribution in [3.8, 4) is 11.5 Å². The van der Waals surface area contributed by atoms with Crippen LogP contribution in [0.5, 0.6) is 11.5 Å². The molecule has 1 aliphatic rings. The predicted octanol–water partition coefficient (Wildman–Crippen LogP) is 5.79. The van der Waals surface area contributed by atoms with Crippen LogP contribution in [-0.2, 0) is 11.4 Å². The molecule has 8 heteroatoms. The fraction of sp³-hybridized carbons (Fsp3) is 0.238. The third kappa shape index (κ3) is 5.18. The molecule has 29 heavy (non-hydrogen) atoms. The number of carbonyl (C=O) groups excluding carboxylic acids is 1. The first kappa shape index (κ1) is 21.8. The van der Waals surface area contributed by atoms with Gasteiger partial charge in [-0.25, -0.2) is 4.39 Å². The molecule has 0 aliphatic carbocycles. The van der Waals surface area contributed by atoms with Crippen LogP contribution < -0.4 is 9.47 Å². The summed E-state index contributed by atoms with van der Waals surface area (Å²) < 4.78 is 26.3. The van der Waals surface area contributed by atoms with Crippen LogP contribution in [0.4, 0.5) is 4.39 Å². The maximum atomic E-state index is 13.4. The van der Waals surface area contributed by atoms with Gasteiger partial charge in [-0.1, -0.05) is 52.0 Å². The van der Waals surface area contributed by atoms with Crippen molar-refractivity contribution in [1.29, 1.82) is 0 Å². The maximum Gasteiger partial charge on any atom is 0.266 e. The van der Waals surface area contributed by atoms with Crippen LogP contribution in [-0.4, -0.2) is 28.3 Å². The number of hydrogen-bond acceptors (Lipinski definition) is 5. The van der Waals surface area contributed by atoms with Crippen LogP contribution in [0.3, 0.4) is 0 Å². The molecule has 0 atom stereocenters. The lowest BCUT2D eigenvalue weighted by molar-refractivity contribution is -0.121. The second-order valence-corrected chi connectivity index (χ2v) is 8.63. The molecule has 0 unspecified atom stereocenters.